The van der Waals surface area contributed by atoms with Gasteiger partial charge < -0.3 is 14.1 Å². The number of hydrogen-bond donors (Lipinski definition) is 1. The third-order valence-corrected chi connectivity index (χ3v) is 6.19. The molecule has 1 aliphatic heterocycles. The lowest BCUT2D eigenvalue weighted by Gasteiger charge is -2.29. The number of furan rings is 1. The zero-order valence-electron chi connectivity index (χ0n) is 15.8. The van der Waals surface area contributed by atoms with E-state index in [4.69, 9.17) is 9.15 Å². The predicted molar refractivity (Wildman–Crippen MR) is 109 cm³/mol. The van der Waals surface area contributed by atoms with Crippen LogP contribution in [0.3, 0.4) is 0 Å². The summed E-state index contributed by atoms with van der Waals surface area (Å²) >= 11 is 0. The molecule has 1 aliphatic rings. The Morgan fingerprint density at radius 1 is 1.14 bits per heavy atom. The van der Waals surface area contributed by atoms with Crippen LogP contribution >= 0.6 is 0 Å². The average molecular weight is 412 g/mol. The minimum atomic E-state index is -3.73. The molecule has 2 aromatic carbocycles. The monoisotopic (exact) mass is 412 g/mol. The third kappa shape index (κ3) is 3.84. The Morgan fingerprint density at radius 2 is 1.93 bits per heavy atom. The Morgan fingerprint density at radius 3 is 2.62 bits per heavy atom. The van der Waals surface area contributed by atoms with Crippen LogP contribution in [0.4, 0.5) is 11.4 Å². The van der Waals surface area contributed by atoms with Crippen molar-refractivity contribution in [2.24, 2.45) is 0 Å². The number of nitrogens with one attached hydrogen (secondary N) is 1. The van der Waals surface area contributed by atoms with Crippen molar-refractivity contribution >= 4 is 27.3 Å². The van der Waals surface area contributed by atoms with Gasteiger partial charge in [0, 0.05) is 17.9 Å². The van der Waals surface area contributed by atoms with Crippen LogP contribution in [-0.4, -0.2) is 28.0 Å². The quantitative estimate of drug-likeness (QED) is 0.691. The molecule has 0 aliphatic carbocycles. The number of fused-ring (bicyclic) bond motifs is 1. The Hall–Kier alpha value is -3.26. The van der Waals surface area contributed by atoms with Crippen molar-refractivity contribution in [2.75, 3.05) is 23.3 Å². The summed E-state index contributed by atoms with van der Waals surface area (Å²) in [6.07, 6.45) is 3.01. The molecular formula is C21H20N2O5S. The van der Waals surface area contributed by atoms with Crippen LogP contribution in [0.2, 0.25) is 0 Å². The van der Waals surface area contributed by atoms with Crippen molar-refractivity contribution in [3.05, 3.63) is 72.2 Å². The molecule has 2 heterocycles. The molecule has 0 saturated carbocycles. The number of amides is 1. The minimum Gasteiger partial charge on any atom is -0.497 e. The van der Waals surface area contributed by atoms with E-state index in [1.54, 1.807) is 47.4 Å². The summed E-state index contributed by atoms with van der Waals surface area (Å²) in [6.45, 7) is 0.587. The lowest BCUT2D eigenvalue weighted by atomic mass is 10.0. The van der Waals surface area contributed by atoms with Gasteiger partial charge in [0.2, 0.25) is 0 Å². The van der Waals surface area contributed by atoms with E-state index in [0.29, 0.717) is 18.0 Å². The maximum atomic E-state index is 12.7. The Bertz CT molecular complexity index is 1120. The first-order valence-electron chi connectivity index (χ1n) is 9.13. The number of hydrogen-bond acceptors (Lipinski definition) is 5. The first kappa shape index (κ1) is 19.1. The molecule has 0 fully saturated rings. The number of nitrogens with zero attached hydrogens (tertiary/aromatic N) is 1. The van der Waals surface area contributed by atoms with Crippen LogP contribution in [0.5, 0.6) is 5.75 Å². The smallest absolute Gasteiger partial charge is 0.293 e. The van der Waals surface area contributed by atoms with Crippen LogP contribution < -0.4 is 14.4 Å². The highest BCUT2D eigenvalue weighted by molar-refractivity contribution is 7.92. The van der Waals surface area contributed by atoms with Crippen molar-refractivity contribution in [1.29, 1.82) is 0 Å². The molecule has 150 valence electrons. The number of benzene rings is 2. The predicted octanol–water partition coefficient (Wildman–Crippen LogP) is 3.68. The number of carbonyl (C=O) groups is 1. The molecule has 0 radical (unpaired) electrons. The molecule has 1 amide bonds. The van der Waals surface area contributed by atoms with Gasteiger partial charge in [-0.15, -0.1) is 0 Å². The Balaban J connectivity index is 1.58. The molecule has 0 unspecified atom stereocenters. The van der Waals surface area contributed by atoms with Gasteiger partial charge >= 0.3 is 0 Å². The van der Waals surface area contributed by atoms with Gasteiger partial charge in [-0.1, -0.05) is 0 Å². The molecular weight excluding hydrogens is 392 g/mol. The fraction of sp³-hybridized carbons (Fsp3) is 0.190. The Labute approximate surface area is 169 Å². The lowest BCUT2D eigenvalue weighted by molar-refractivity contribution is 0.0958. The van der Waals surface area contributed by atoms with Gasteiger partial charge in [-0.3, -0.25) is 9.52 Å². The zero-order chi connectivity index (χ0) is 20.4. The fourth-order valence-electron chi connectivity index (χ4n) is 3.37. The van der Waals surface area contributed by atoms with E-state index in [-0.39, 0.29) is 16.6 Å². The number of sulfonamides is 1. The van der Waals surface area contributed by atoms with Crippen molar-refractivity contribution in [2.45, 2.75) is 17.7 Å². The van der Waals surface area contributed by atoms with Gasteiger partial charge in [-0.05, 0) is 73.0 Å². The number of rotatable bonds is 5. The average Bonchev–Trinajstić information content (AvgIpc) is 3.27. The normalized spacial score (nSPS) is 13.6. The maximum Gasteiger partial charge on any atom is 0.293 e. The van der Waals surface area contributed by atoms with E-state index >= 15 is 0 Å². The highest BCUT2D eigenvalue weighted by Gasteiger charge is 2.26. The van der Waals surface area contributed by atoms with Gasteiger partial charge in [0.1, 0.15) is 5.75 Å². The second kappa shape index (κ2) is 7.63. The first-order valence-corrected chi connectivity index (χ1v) is 10.6. The summed E-state index contributed by atoms with van der Waals surface area (Å²) in [5.74, 6) is 0.656. The highest BCUT2D eigenvalue weighted by atomic mass is 32.2. The van der Waals surface area contributed by atoms with Gasteiger partial charge in [-0.2, -0.15) is 0 Å². The number of aryl methyl sites for hydroxylation is 1. The summed E-state index contributed by atoms with van der Waals surface area (Å²) in [6, 6.07) is 14.7. The van der Waals surface area contributed by atoms with Gasteiger partial charge in [0.15, 0.2) is 5.76 Å². The van der Waals surface area contributed by atoms with Crippen LogP contribution in [0.15, 0.2) is 70.2 Å². The SMILES string of the molecule is COc1ccc(S(=O)(=O)Nc2ccc3c(c2)CCCN3C(=O)c2ccco2)cc1. The standard InChI is InChI=1S/C21H20N2O5S/c1-27-17-7-9-18(10-8-17)29(25,26)22-16-6-11-19-15(14-16)4-2-12-23(19)21(24)20-5-3-13-28-20/h3,5-11,13-14,22H,2,4,12H2,1H3. The van der Waals surface area contributed by atoms with Crippen molar-refractivity contribution in [3.8, 4) is 5.75 Å². The van der Waals surface area contributed by atoms with Crippen molar-refractivity contribution < 1.29 is 22.4 Å². The first-order chi connectivity index (χ1) is 14.0. The third-order valence-electron chi connectivity index (χ3n) is 4.80. The van der Waals surface area contributed by atoms with E-state index in [1.165, 1.54) is 25.5 Å². The molecule has 8 heteroatoms. The molecule has 7 nitrogen and oxygen atoms in total. The van der Waals surface area contributed by atoms with E-state index in [0.717, 1.165) is 24.1 Å². The number of ether oxygens (including phenoxy) is 1. The molecule has 4 rings (SSSR count). The molecule has 0 spiro atoms. The molecule has 3 aromatic rings. The fourth-order valence-corrected chi connectivity index (χ4v) is 4.42. The molecule has 0 saturated heterocycles. The molecule has 1 aromatic heterocycles. The highest BCUT2D eigenvalue weighted by Crippen LogP contribution is 2.31. The van der Waals surface area contributed by atoms with Gasteiger partial charge in [-0.25, -0.2) is 8.42 Å². The number of methoxy groups -OCH3 is 1. The van der Waals surface area contributed by atoms with Crippen LogP contribution in [0, 0.1) is 0 Å². The maximum absolute atomic E-state index is 12.7. The van der Waals surface area contributed by atoms with E-state index in [9.17, 15) is 13.2 Å². The molecule has 0 bridgehead atoms. The minimum absolute atomic E-state index is 0.144. The van der Waals surface area contributed by atoms with E-state index < -0.39 is 10.0 Å². The van der Waals surface area contributed by atoms with Crippen LogP contribution in [-0.2, 0) is 16.4 Å². The summed E-state index contributed by atoms with van der Waals surface area (Å²) in [4.78, 5) is 14.5. The van der Waals surface area contributed by atoms with Crippen molar-refractivity contribution in [3.63, 3.8) is 0 Å². The second-order valence-electron chi connectivity index (χ2n) is 6.66. The summed E-state index contributed by atoms with van der Waals surface area (Å²) < 4.78 is 38.2. The van der Waals surface area contributed by atoms with Crippen LogP contribution in [0.25, 0.3) is 0 Å². The summed E-state index contributed by atoms with van der Waals surface area (Å²) in [7, 11) is -2.21. The second-order valence-corrected chi connectivity index (χ2v) is 8.34. The topological polar surface area (TPSA) is 88.9 Å². The molecule has 1 N–H and O–H groups in total. The summed E-state index contributed by atoms with van der Waals surface area (Å²) in [5, 5.41) is 0. The van der Waals surface area contributed by atoms with Gasteiger partial charge in [0.25, 0.3) is 15.9 Å². The van der Waals surface area contributed by atoms with Gasteiger partial charge in [0.05, 0.1) is 18.3 Å². The van der Waals surface area contributed by atoms with E-state index in [1.807, 2.05) is 0 Å². The number of carbonyl (C=O) groups excluding carboxylic acids is 1. The summed E-state index contributed by atoms with van der Waals surface area (Å²) in [5.41, 5.74) is 2.13. The van der Waals surface area contributed by atoms with E-state index in [2.05, 4.69) is 4.72 Å². The zero-order valence-corrected chi connectivity index (χ0v) is 16.6. The largest absolute Gasteiger partial charge is 0.497 e. The van der Waals surface area contributed by atoms with Crippen LogP contribution in [0.1, 0.15) is 22.5 Å². The van der Waals surface area contributed by atoms with Crippen molar-refractivity contribution in [1.82, 2.24) is 0 Å². The molecule has 29 heavy (non-hydrogen) atoms. The lowest BCUT2D eigenvalue weighted by Crippen LogP contribution is -2.35. The molecule has 0 atom stereocenters. The Kier molecular flexibility index (Phi) is 5.02. The number of anilines is 2.